The largest absolute Gasteiger partial charge is 0.490 e. The van der Waals surface area contributed by atoms with Crippen molar-refractivity contribution >= 4 is 11.9 Å². The number of carboxylic acid groups (broad SMARTS) is 1. The van der Waals surface area contributed by atoms with E-state index in [0.717, 1.165) is 12.8 Å². The number of rotatable bonds is 3. The smallest absolute Gasteiger partial charge is 0.308 e. The van der Waals surface area contributed by atoms with Crippen LogP contribution in [0.25, 0.3) is 0 Å². The Kier molecular flexibility index (Phi) is 4.18. The van der Waals surface area contributed by atoms with E-state index in [1.165, 1.54) is 0 Å². The summed E-state index contributed by atoms with van der Waals surface area (Å²) in [6.07, 6.45) is 2.94. The van der Waals surface area contributed by atoms with Crippen LogP contribution in [-0.4, -0.2) is 36.2 Å². The van der Waals surface area contributed by atoms with Crippen molar-refractivity contribution in [2.75, 3.05) is 13.2 Å². The monoisotopic (exact) mass is 305 g/mol. The maximum absolute atomic E-state index is 12.3. The van der Waals surface area contributed by atoms with Gasteiger partial charge in [0.1, 0.15) is 0 Å². The summed E-state index contributed by atoms with van der Waals surface area (Å²) < 4.78 is 11.1. The molecule has 2 aliphatic rings. The number of aliphatic carboxylic acids is 1. The van der Waals surface area contributed by atoms with E-state index < -0.39 is 11.9 Å². The fraction of sp³-hybridized carbons (Fsp3) is 0.500. The number of nitrogens with one attached hydrogen (secondary N) is 1. The summed E-state index contributed by atoms with van der Waals surface area (Å²) in [6, 6.07) is 4.74. The first kappa shape index (κ1) is 14.7. The minimum Gasteiger partial charge on any atom is -0.490 e. The highest BCUT2D eigenvalue weighted by Gasteiger charge is 2.34. The van der Waals surface area contributed by atoms with Crippen molar-refractivity contribution in [2.45, 2.75) is 31.7 Å². The Morgan fingerprint density at radius 1 is 1.09 bits per heavy atom. The lowest BCUT2D eigenvalue weighted by atomic mass is 10.0. The molecule has 1 fully saturated rings. The van der Waals surface area contributed by atoms with Crippen molar-refractivity contribution in [1.29, 1.82) is 0 Å². The van der Waals surface area contributed by atoms with Crippen LogP contribution in [0.1, 0.15) is 36.0 Å². The lowest BCUT2D eigenvalue weighted by Crippen LogP contribution is -2.40. The number of carbonyl (C=O) groups excluding carboxylic acids is 1. The van der Waals surface area contributed by atoms with Crippen molar-refractivity contribution in [3.63, 3.8) is 0 Å². The van der Waals surface area contributed by atoms with Gasteiger partial charge in [-0.05, 0) is 31.0 Å². The Morgan fingerprint density at radius 2 is 1.86 bits per heavy atom. The number of ether oxygens (including phenoxy) is 2. The third-order valence-corrected chi connectivity index (χ3v) is 4.16. The lowest BCUT2D eigenvalue weighted by Gasteiger charge is -2.18. The van der Waals surface area contributed by atoms with Crippen LogP contribution in [0.5, 0.6) is 11.5 Å². The van der Waals surface area contributed by atoms with Gasteiger partial charge in [0, 0.05) is 18.0 Å². The molecule has 1 heterocycles. The van der Waals surface area contributed by atoms with Gasteiger partial charge in [0.15, 0.2) is 11.5 Å². The fourth-order valence-electron chi connectivity index (χ4n) is 2.98. The van der Waals surface area contributed by atoms with E-state index in [-0.39, 0.29) is 11.9 Å². The topological polar surface area (TPSA) is 84.9 Å². The Bertz CT molecular complexity index is 586. The fourth-order valence-corrected chi connectivity index (χ4v) is 2.98. The molecule has 22 heavy (non-hydrogen) atoms. The molecule has 2 atom stereocenters. The predicted octanol–water partition coefficient (Wildman–Crippen LogP) is 1.83. The zero-order valence-electron chi connectivity index (χ0n) is 12.2. The quantitative estimate of drug-likeness (QED) is 0.890. The molecule has 1 aromatic carbocycles. The maximum atomic E-state index is 12.3. The lowest BCUT2D eigenvalue weighted by molar-refractivity contribution is -0.142. The number of carboxylic acids is 1. The van der Waals surface area contributed by atoms with E-state index in [9.17, 15) is 9.59 Å². The Hall–Kier alpha value is -2.24. The van der Waals surface area contributed by atoms with Gasteiger partial charge in [-0.25, -0.2) is 0 Å². The molecule has 0 aromatic heterocycles. The summed E-state index contributed by atoms with van der Waals surface area (Å²) in [6.45, 7) is 1.16. The van der Waals surface area contributed by atoms with Crippen LogP contribution in [0.2, 0.25) is 0 Å². The Morgan fingerprint density at radius 3 is 2.64 bits per heavy atom. The Labute approximate surface area is 128 Å². The molecule has 0 spiro atoms. The molecule has 1 amide bonds. The molecule has 2 N–H and O–H groups in total. The minimum absolute atomic E-state index is 0.270. The molecule has 1 saturated carbocycles. The number of carbonyl (C=O) groups is 2. The third-order valence-electron chi connectivity index (χ3n) is 4.16. The average Bonchev–Trinajstić information content (AvgIpc) is 2.83. The molecule has 1 aliphatic carbocycles. The van der Waals surface area contributed by atoms with Crippen molar-refractivity contribution in [3.8, 4) is 11.5 Å². The molecule has 0 radical (unpaired) electrons. The van der Waals surface area contributed by atoms with Gasteiger partial charge in [0.05, 0.1) is 19.1 Å². The van der Waals surface area contributed by atoms with Crippen molar-refractivity contribution in [2.24, 2.45) is 5.92 Å². The zero-order valence-corrected chi connectivity index (χ0v) is 12.2. The summed E-state index contributed by atoms with van der Waals surface area (Å²) in [7, 11) is 0. The SMILES string of the molecule is O=C(N[C@H]1CCC[C@H]1C(=O)O)c1ccc2c(c1)OCCCO2. The molecule has 1 aromatic rings. The average molecular weight is 305 g/mol. The van der Waals surface area contributed by atoms with Crippen molar-refractivity contribution < 1.29 is 24.2 Å². The highest BCUT2D eigenvalue weighted by Crippen LogP contribution is 2.31. The van der Waals surface area contributed by atoms with E-state index in [0.29, 0.717) is 43.1 Å². The first-order chi connectivity index (χ1) is 10.6. The molecule has 6 nitrogen and oxygen atoms in total. The normalized spacial score (nSPS) is 23.6. The predicted molar refractivity (Wildman–Crippen MR) is 78.3 cm³/mol. The minimum atomic E-state index is -0.846. The summed E-state index contributed by atoms with van der Waals surface area (Å²) >= 11 is 0. The van der Waals surface area contributed by atoms with Crippen LogP contribution in [0.15, 0.2) is 18.2 Å². The summed E-state index contributed by atoms with van der Waals surface area (Å²) in [5.41, 5.74) is 0.459. The highest BCUT2D eigenvalue weighted by atomic mass is 16.5. The van der Waals surface area contributed by atoms with Gasteiger partial charge in [0.2, 0.25) is 0 Å². The van der Waals surface area contributed by atoms with E-state index in [1.54, 1.807) is 18.2 Å². The Balaban J connectivity index is 1.72. The summed E-state index contributed by atoms with van der Waals surface area (Å²) in [5.74, 6) is -0.413. The van der Waals surface area contributed by atoms with Gasteiger partial charge >= 0.3 is 5.97 Å². The molecule has 0 unspecified atom stereocenters. The van der Waals surface area contributed by atoms with E-state index >= 15 is 0 Å². The second-order valence-electron chi connectivity index (χ2n) is 5.67. The maximum Gasteiger partial charge on any atom is 0.308 e. The molecule has 0 bridgehead atoms. The van der Waals surface area contributed by atoms with E-state index in [4.69, 9.17) is 14.6 Å². The molecule has 3 rings (SSSR count). The van der Waals surface area contributed by atoms with Crippen LogP contribution >= 0.6 is 0 Å². The van der Waals surface area contributed by atoms with Gasteiger partial charge in [-0.2, -0.15) is 0 Å². The van der Waals surface area contributed by atoms with Crippen molar-refractivity contribution in [3.05, 3.63) is 23.8 Å². The second-order valence-corrected chi connectivity index (χ2v) is 5.67. The van der Waals surface area contributed by atoms with Gasteiger partial charge in [-0.15, -0.1) is 0 Å². The van der Waals surface area contributed by atoms with E-state index in [2.05, 4.69) is 5.32 Å². The molecular formula is C16H19NO5. The number of hydrogen-bond acceptors (Lipinski definition) is 4. The molecule has 0 saturated heterocycles. The van der Waals surface area contributed by atoms with Gasteiger partial charge in [-0.3, -0.25) is 9.59 Å². The van der Waals surface area contributed by atoms with Crippen LogP contribution in [0, 0.1) is 5.92 Å². The molecular weight excluding hydrogens is 286 g/mol. The van der Waals surface area contributed by atoms with Crippen molar-refractivity contribution in [1.82, 2.24) is 5.32 Å². The number of benzene rings is 1. The highest BCUT2D eigenvalue weighted by molar-refractivity contribution is 5.95. The second kappa shape index (κ2) is 6.25. The zero-order chi connectivity index (χ0) is 15.5. The number of fused-ring (bicyclic) bond motifs is 1. The molecule has 1 aliphatic heterocycles. The number of amides is 1. The number of hydrogen-bond donors (Lipinski definition) is 2. The molecule has 118 valence electrons. The van der Waals surface area contributed by atoms with Crippen LogP contribution in [0.4, 0.5) is 0 Å². The van der Waals surface area contributed by atoms with Crippen LogP contribution < -0.4 is 14.8 Å². The van der Waals surface area contributed by atoms with E-state index in [1.807, 2.05) is 0 Å². The van der Waals surface area contributed by atoms with Gasteiger partial charge in [0.25, 0.3) is 5.91 Å². The summed E-state index contributed by atoms with van der Waals surface area (Å²) in [4.78, 5) is 23.5. The summed E-state index contributed by atoms with van der Waals surface area (Å²) in [5, 5.41) is 12.0. The van der Waals surface area contributed by atoms with Gasteiger partial charge < -0.3 is 19.9 Å². The van der Waals surface area contributed by atoms with Crippen LogP contribution in [0.3, 0.4) is 0 Å². The van der Waals surface area contributed by atoms with Gasteiger partial charge in [-0.1, -0.05) is 6.42 Å². The van der Waals surface area contributed by atoms with Crippen LogP contribution in [-0.2, 0) is 4.79 Å². The standard InChI is InChI=1S/C16H19NO5/c18-15(17-12-4-1-3-11(12)16(19)20)10-5-6-13-14(9-10)22-8-2-7-21-13/h5-6,9,11-12H,1-4,7-8H2,(H,17,18)(H,19,20)/t11-,12+/m1/s1. The molecule has 6 heteroatoms. The first-order valence-corrected chi connectivity index (χ1v) is 7.58. The first-order valence-electron chi connectivity index (χ1n) is 7.58. The third kappa shape index (κ3) is 3.00.